The lowest BCUT2D eigenvalue weighted by atomic mass is 10.1. The summed E-state index contributed by atoms with van der Waals surface area (Å²) in [5, 5.41) is 12.2. The summed E-state index contributed by atoms with van der Waals surface area (Å²) < 4.78 is 1.95. The first-order chi connectivity index (χ1) is 9.63. The molecule has 0 radical (unpaired) electrons. The summed E-state index contributed by atoms with van der Waals surface area (Å²) in [4.78, 5) is 4.54. The van der Waals surface area contributed by atoms with Crippen molar-refractivity contribution in [3.8, 4) is 11.3 Å². The van der Waals surface area contributed by atoms with Crippen LogP contribution in [0.4, 0.5) is 0 Å². The van der Waals surface area contributed by atoms with Crippen molar-refractivity contribution < 1.29 is 5.11 Å². The highest BCUT2D eigenvalue weighted by Gasteiger charge is 2.05. The largest absolute Gasteiger partial charge is 0.392 e. The average molecular weight is 269 g/mol. The van der Waals surface area contributed by atoms with Crippen molar-refractivity contribution in [3.05, 3.63) is 60.2 Å². The molecule has 2 rings (SSSR count). The molecule has 0 fully saturated rings. The monoisotopic (exact) mass is 269 g/mol. The molecule has 1 aromatic carbocycles. The Kier molecular flexibility index (Phi) is 4.38. The first-order valence-corrected chi connectivity index (χ1v) is 6.44. The number of likely N-dealkylation sites (N-methyl/N-ethyl adjacent to an activating group) is 1. The van der Waals surface area contributed by atoms with Gasteiger partial charge in [-0.15, -0.1) is 0 Å². The van der Waals surface area contributed by atoms with Gasteiger partial charge in [0, 0.05) is 30.7 Å². The number of benzene rings is 1. The van der Waals surface area contributed by atoms with Crippen LogP contribution >= 0.6 is 0 Å². The van der Waals surface area contributed by atoms with Crippen molar-refractivity contribution in [2.75, 3.05) is 7.05 Å². The van der Waals surface area contributed by atoms with E-state index in [2.05, 4.69) is 16.9 Å². The second-order valence-electron chi connectivity index (χ2n) is 4.53. The number of nitrogens with one attached hydrogen (secondary N) is 1. The first kappa shape index (κ1) is 14.1. The number of aliphatic hydroxyl groups excluding tert-OH is 1. The minimum atomic E-state index is 0.0371. The number of allylic oxidation sites excluding steroid dienone is 1. The number of aliphatic hydroxyl groups is 1. The second-order valence-corrected chi connectivity index (χ2v) is 4.53. The second kappa shape index (κ2) is 6.21. The van der Waals surface area contributed by atoms with Crippen LogP contribution in [0.15, 0.2) is 48.8 Å². The Hall–Kier alpha value is -2.33. The molecular weight excluding hydrogens is 250 g/mol. The van der Waals surface area contributed by atoms with E-state index in [0.717, 1.165) is 28.3 Å². The Labute approximate surface area is 119 Å². The summed E-state index contributed by atoms with van der Waals surface area (Å²) >= 11 is 0. The van der Waals surface area contributed by atoms with Crippen LogP contribution in [0.3, 0.4) is 0 Å². The van der Waals surface area contributed by atoms with Gasteiger partial charge < -0.3 is 15.0 Å². The van der Waals surface area contributed by atoms with Gasteiger partial charge in [0.1, 0.15) is 5.82 Å². The van der Waals surface area contributed by atoms with Gasteiger partial charge in [0.25, 0.3) is 0 Å². The van der Waals surface area contributed by atoms with Gasteiger partial charge in [-0.05, 0) is 24.6 Å². The number of nitrogens with zero attached hydrogens (tertiary/aromatic N) is 2. The zero-order valence-corrected chi connectivity index (χ0v) is 11.8. The molecule has 0 aliphatic heterocycles. The van der Waals surface area contributed by atoms with Crippen molar-refractivity contribution in [1.82, 2.24) is 14.9 Å². The standard InChI is InChI=1S/C16H19N3O/c1-12(17-3)7-8-19-10-16(18-13(19)2)15-6-4-5-14(9-15)11-20/h4-10,17,20H,1,11H2,2-3H3/b8-7-. The van der Waals surface area contributed by atoms with E-state index in [4.69, 9.17) is 0 Å². The average Bonchev–Trinajstić information content (AvgIpc) is 2.86. The fraction of sp³-hybridized carbons (Fsp3) is 0.188. The zero-order chi connectivity index (χ0) is 14.5. The first-order valence-electron chi connectivity index (χ1n) is 6.44. The molecule has 0 amide bonds. The molecule has 0 saturated heterocycles. The molecule has 4 nitrogen and oxygen atoms in total. The Bertz CT molecular complexity index is 641. The molecule has 0 atom stereocenters. The maximum absolute atomic E-state index is 9.19. The summed E-state index contributed by atoms with van der Waals surface area (Å²) in [5.41, 5.74) is 3.60. The van der Waals surface area contributed by atoms with Crippen LogP contribution in [0.5, 0.6) is 0 Å². The minimum absolute atomic E-state index is 0.0371. The van der Waals surface area contributed by atoms with Crippen molar-refractivity contribution >= 4 is 6.20 Å². The van der Waals surface area contributed by atoms with Crippen molar-refractivity contribution in [1.29, 1.82) is 0 Å². The molecule has 1 aromatic heterocycles. The van der Waals surface area contributed by atoms with E-state index in [0.29, 0.717) is 0 Å². The lowest BCUT2D eigenvalue weighted by molar-refractivity contribution is 0.282. The van der Waals surface area contributed by atoms with Crippen molar-refractivity contribution in [2.45, 2.75) is 13.5 Å². The lowest BCUT2D eigenvalue weighted by Gasteiger charge is -1.99. The molecule has 0 bridgehead atoms. The fourth-order valence-corrected chi connectivity index (χ4v) is 1.86. The van der Waals surface area contributed by atoms with Crippen LogP contribution in [0.1, 0.15) is 11.4 Å². The van der Waals surface area contributed by atoms with Crippen molar-refractivity contribution in [2.24, 2.45) is 0 Å². The van der Waals surface area contributed by atoms with Crippen LogP contribution < -0.4 is 5.32 Å². The molecular formula is C16H19N3O. The molecule has 0 spiro atoms. The molecule has 2 aromatic rings. The van der Waals surface area contributed by atoms with Gasteiger partial charge in [-0.3, -0.25) is 0 Å². The summed E-state index contributed by atoms with van der Waals surface area (Å²) in [6.45, 7) is 5.83. The molecule has 20 heavy (non-hydrogen) atoms. The van der Waals surface area contributed by atoms with E-state index in [1.165, 1.54) is 0 Å². The highest BCUT2D eigenvalue weighted by molar-refractivity contribution is 5.60. The number of hydrogen-bond donors (Lipinski definition) is 2. The van der Waals surface area contributed by atoms with Crippen LogP contribution in [0.2, 0.25) is 0 Å². The van der Waals surface area contributed by atoms with E-state index < -0.39 is 0 Å². The molecule has 0 unspecified atom stereocenters. The van der Waals surface area contributed by atoms with Crippen LogP contribution in [0.25, 0.3) is 17.5 Å². The predicted molar refractivity (Wildman–Crippen MR) is 81.9 cm³/mol. The molecule has 0 aliphatic carbocycles. The predicted octanol–water partition coefficient (Wildman–Crippen LogP) is 2.55. The van der Waals surface area contributed by atoms with Gasteiger partial charge in [-0.25, -0.2) is 4.98 Å². The maximum Gasteiger partial charge on any atom is 0.110 e. The van der Waals surface area contributed by atoms with E-state index in [1.54, 1.807) is 0 Å². The van der Waals surface area contributed by atoms with E-state index >= 15 is 0 Å². The molecule has 4 heteroatoms. The van der Waals surface area contributed by atoms with Crippen LogP contribution in [-0.4, -0.2) is 21.7 Å². The summed E-state index contributed by atoms with van der Waals surface area (Å²) in [7, 11) is 1.83. The van der Waals surface area contributed by atoms with Gasteiger partial charge in [-0.2, -0.15) is 0 Å². The number of aromatic nitrogens is 2. The van der Waals surface area contributed by atoms with E-state index in [-0.39, 0.29) is 6.61 Å². The van der Waals surface area contributed by atoms with Gasteiger partial charge in [0.15, 0.2) is 0 Å². The van der Waals surface area contributed by atoms with Crippen LogP contribution in [0, 0.1) is 6.92 Å². The normalized spacial score (nSPS) is 10.9. The summed E-state index contributed by atoms with van der Waals surface area (Å²) in [5.74, 6) is 0.898. The van der Waals surface area contributed by atoms with Gasteiger partial charge >= 0.3 is 0 Å². The Balaban J connectivity index is 2.30. The molecule has 0 aliphatic rings. The fourth-order valence-electron chi connectivity index (χ4n) is 1.86. The zero-order valence-electron chi connectivity index (χ0n) is 11.8. The molecule has 0 saturated carbocycles. The topological polar surface area (TPSA) is 50.1 Å². The molecule has 104 valence electrons. The minimum Gasteiger partial charge on any atom is -0.392 e. The third-order valence-electron chi connectivity index (χ3n) is 3.08. The quantitative estimate of drug-likeness (QED) is 0.820. The number of rotatable bonds is 5. The van der Waals surface area contributed by atoms with E-state index in [9.17, 15) is 5.11 Å². The van der Waals surface area contributed by atoms with Gasteiger partial charge in [0.05, 0.1) is 12.3 Å². The Morgan fingerprint density at radius 1 is 1.50 bits per heavy atom. The smallest absolute Gasteiger partial charge is 0.110 e. The SMILES string of the molecule is C=C(/C=C\n1cc(-c2cccc(CO)c2)nc1C)NC. The third kappa shape index (κ3) is 3.16. The summed E-state index contributed by atoms with van der Waals surface area (Å²) in [6.07, 6.45) is 5.77. The summed E-state index contributed by atoms with van der Waals surface area (Å²) in [6, 6.07) is 7.75. The van der Waals surface area contributed by atoms with Gasteiger partial charge in [-0.1, -0.05) is 24.8 Å². The highest BCUT2D eigenvalue weighted by atomic mass is 16.3. The maximum atomic E-state index is 9.19. The lowest BCUT2D eigenvalue weighted by Crippen LogP contribution is -2.01. The number of hydrogen-bond acceptors (Lipinski definition) is 3. The Morgan fingerprint density at radius 2 is 2.30 bits per heavy atom. The van der Waals surface area contributed by atoms with E-state index in [1.807, 2.05) is 61.3 Å². The highest BCUT2D eigenvalue weighted by Crippen LogP contribution is 2.20. The molecule has 2 N–H and O–H groups in total. The Morgan fingerprint density at radius 3 is 3.00 bits per heavy atom. The van der Waals surface area contributed by atoms with Crippen LogP contribution in [-0.2, 0) is 6.61 Å². The van der Waals surface area contributed by atoms with Gasteiger partial charge in [0.2, 0.25) is 0 Å². The number of imidazole rings is 1. The third-order valence-corrected chi connectivity index (χ3v) is 3.08. The van der Waals surface area contributed by atoms with Crippen molar-refractivity contribution in [3.63, 3.8) is 0 Å². The molecule has 1 heterocycles. The number of aryl methyl sites for hydroxylation is 1.